The number of ether oxygens (including phenoxy) is 1. The van der Waals surface area contributed by atoms with Crippen LogP contribution in [0.5, 0.6) is 0 Å². The van der Waals surface area contributed by atoms with E-state index in [4.69, 9.17) is 13.8 Å². The van der Waals surface area contributed by atoms with Gasteiger partial charge in [-0.2, -0.15) is 9.29 Å². The van der Waals surface area contributed by atoms with E-state index in [0.717, 1.165) is 0 Å². The smallest absolute Gasteiger partial charge is 0.245 e. The highest BCUT2D eigenvalue weighted by Gasteiger charge is 2.43. The number of hydrogen-bond donors (Lipinski definition) is 0. The molecule has 2 atom stereocenters. The van der Waals surface area contributed by atoms with Gasteiger partial charge in [-0.25, -0.2) is 8.42 Å². The fraction of sp³-hybridized carbons (Fsp3) is 0.438. The van der Waals surface area contributed by atoms with Crippen LogP contribution in [0.25, 0.3) is 11.0 Å². The standard InChI is InChI=1S/C16H18N4O5S/c1-10-17-16(25-18-10)14-7-11(23-2)8-20(14)26(21,22)9-13-12-5-3-4-6-15(12)24-19-13/h3-6,11,14H,7-9H2,1-2H3/t11-,14+/m0/s1. The third-order valence-electron chi connectivity index (χ3n) is 4.51. The average Bonchev–Trinajstić information content (AvgIpc) is 3.33. The van der Waals surface area contributed by atoms with Crippen LogP contribution in [-0.4, -0.2) is 47.8 Å². The van der Waals surface area contributed by atoms with Crippen molar-refractivity contribution in [1.82, 2.24) is 19.6 Å². The lowest BCUT2D eigenvalue weighted by Crippen LogP contribution is -2.33. The largest absolute Gasteiger partial charge is 0.380 e. The zero-order valence-corrected chi connectivity index (χ0v) is 15.1. The summed E-state index contributed by atoms with van der Waals surface area (Å²) in [6, 6.07) is 6.61. The Kier molecular flexibility index (Phi) is 4.25. The number of aryl methyl sites for hydroxylation is 1. The maximum Gasteiger partial charge on any atom is 0.245 e. The van der Waals surface area contributed by atoms with Gasteiger partial charge in [-0.15, -0.1) is 0 Å². The topological polar surface area (TPSA) is 112 Å². The molecule has 0 aliphatic carbocycles. The maximum absolute atomic E-state index is 13.1. The molecule has 1 saturated heterocycles. The van der Waals surface area contributed by atoms with E-state index in [1.54, 1.807) is 26.2 Å². The molecule has 9 nitrogen and oxygen atoms in total. The Morgan fingerprint density at radius 3 is 2.81 bits per heavy atom. The van der Waals surface area contributed by atoms with Crippen molar-refractivity contribution in [2.24, 2.45) is 0 Å². The van der Waals surface area contributed by atoms with Crippen LogP contribution in [0.2, 0.25) is 0 Å². The van der Waals surface area contributed by atoms with Crippen LogP contribution in [-0.2, 0) is 20.5 Å². The Morgan fingerprint density at radius 2 is 2.08 bits per heavy atom. The molecule has 1 aliphatic heterocycles. The third-order valence-corrected chi connectivity index (χ3v) is 6.26. The van der Waals surface area contributed by atoms with Crippen LogP contribution in [0.4, 0.5) is 0 Å². The lowest BCUT2D eigenvalue weighted by molar-refractivity contribution is 0.114. The van der Waals surface area contributed by atoms with Crippen LogP contribution in [0.1, 0.15) is 29.9 Å². The second-order valence-corrected chi connectivity index (χ2v) is 8.16. The van der Waals surface area contributed by atoms with Crippen LogP contribution < -0.4 is 0 Å². The minimum absolute atomic E-state index is 0.223. The Hall–Kier alpha value is -2.30. The van der Waals surface area contributed by atoms with E-state index in [-0.39, 0.29) is 24.3 Å². The van der Waals surface area contributed by atoms with Crippen LogP contribution >= 0.6 is 0 Å². The highest BCUT2D eigenvalue weighted by Crippen LogP contribution is 2.36. The first-order valence-electron chi connectivity index (χ1n) is 8.14. The van der Waals surface area contributed by atoms with Crippen molar-refractivity contribution in [3.63, 3.8) is 0 Å². The van der Waals surface area contributed by atoms with E-state index in [1.807, 2.05) is 12.1 Å². The molecule has 0 bridgehead atoms. The average molecular weight is 378 g/mol. The molecule has 1 aliphatic rings. The molecular formula is C16H18N4O5S. The third kappa shape index (κ3) is 3.00. The second-order valence-electron chi connectivity index (χ2n) is 6.24. The number of nitrogens with zero attached hydrogens (tertiary/aromatic N) is 4. The summed E-state index contributed by atoms with van der Waals surface area (Å²) in [5, 5.41) is 8.38. The predicted molar refractivity (Wildman–Crippen MR) is 90.5 cm³/mol. The first-order valence-corrected chi connectivity index (χ1v) is 9.74. The molecule has 1 aromatic carbocycles. The minimum Gasteiger partial charge on any atom is -0.380 e. The van der Waals surface area contributed by atoms with Gasteiger partial charge in [0.2, 0.25) is 15.9 Å². The van der Waals surface area contributed by atoms with Crippen molar-refractivity contribution in [3.05, 3.63) is 41.7 Å². The molecule has 0 spiro atoms. The Labute approximate surface area is 150 Å². The van der Waals surface area contributed by atoms with E-state index in [9.17, 15) is 8.42 Å². The van der Waals surface area contributed by atoms with E-state index in [1.165, 1.54) is 4.31 Å². The van der Waals surface area contributed by atoms with Gasteiger partial charge < -0.3 is 13.8 Å². The number of para-hydroxylation sites is 1. The maximum atomic E-state index is 13.1. The Morgan fingerprint density at radius 1 is 1.27 bits per heavy atom. The SMILES string of the molecule is CO[C@H]1C[C@H](c2nc(C)no2)N(S(=O)(=O)Cc2noc3ccccc23)C1. The van der Waals surface area contributed by atoms with Crippen molar-refractivity contribution in [2.75, 3.05) is 13.7 Å². The Balaban J connectivity index is 1.66. The van der Waals surface area contributed by atoms with E-state index in [2.05, 4.69) is 15.3 Å². The molecule has 0 unspecified atom stereocenters. The van der Waals surface area contributed by atoms with Gasteiger partial charge in [0.05, 0.1) is 6.10 Å². The molecule has 4 rings (SSSR count). The van der Waals surface area contributed by atoms with Gasteiger partial charge >= 0.3 is 0 Å². The molecule has 0 N–H and O–H groups in total. The van der Waals surface area contributed by atoms with Gasteiger partial charge in [0.25, 0.3) is 0 Å². The van der Waals surface area contributed by atoms with E-state index < -0.39 is 16.1 Å². The van der Waals surface area contributed by atoms with Gasteiger partial charge in [0, 0.05) is 25.5 Å². The summed E-state index contributed by atoms with van der Waals surface area (Å²) in [7, 11) is -2.14. The molecule has 0 amide bonds. The van der Waals surface area contributed by atoms with Gasteiger partial charge in [-0.05, 0) is 19.1 Å². The molecule has 3 heterocycles. The zero-order valence-electron chi connectivity index (χ0n) is 14.3. The number of benzene rings is 1. The molecule has 138 valence electrons. The zero-order chi connectivity index (χ0) is 18.3. The summed E-state index contributed by atoms with van der Waals surface area (Å²) >= 11 is 0. The minimum atomic E-state index is -3.70. The summed E-state index contributed by atoms with van der Waals surface area (Å²) in [4.78, 5) is 4.20. The van der Waals surface area contributed by atoms with Crippen molar-refractivity contribution in [3.8, 4) is 0 Å². The van der Waals surface area contributed by atoms with Gasteiger partial charge in [-0.3, -0.25) is 0 Å². The summed E-state index contributed by atoms with van der Waals surface area (Å²) in [6.07, 6.45) is 0.216. The molecule has 26 heavy (non-hydrogen) atoms. The number of fused-ring (bicyclic) bond motifs is 1. The number of hydrogen-bond acceptors (Lipinski definition) is 8. The number of rotatable bonds is 5. The number of sulfonamides is 1. The lowest BCUT2D eigenvalue weighted by Gasteiger charge is -2.20. The molecule has 10 heteroatoms. The van der Waals surface area contributed by atoms with Crippen molar-refractivity contribution >= 4 is 21.0 Å². The summed E-state index contributed by atoms with van der Waals surface area (Å²) in [5.74, 6) is 0.459. The van der Waals surface area contributed by atoms with Crippen molar-refractivity contribution in [1.29, 1.82) is 0 Å². The van der Waals surface area contributed by atoms with Crippen LogP contribution in [0.3, 0.4) is 0 Å². The molecule has 2 aromatic heterocycles. The quantitative estimate of drug-likeness (QED) is 0.661. The lowest BCUT2D eigenvalue weighted by atomic mass is 10.2. The van der Waals surface area contributed by atoms with E-state index >= 15 is 0 Å². The molecule has 3 aromatic rings. The van der Waals surface area contributed by atoms with Gasteiger partial charge in [0.15, 0.2) is 11.4 Å². The first-order chi connectivity index (χ1) is 12.5. The highest BCUT2D eigenvalue weighted by atomic mass is 32.2. The fourth-order valence-corrected chi connectivity index (χ4v) is 4.89. The highest BCUT2D eigenvalue weighted by molar-refractivity contribution is 7.88. The van der Waals surface area contributed by atoms with Crippen molar-refractivity contribution in [2.45, 2.75) is 31.2 Å². The number of methoxy groups -OCH3 is 1. The van der Waals surface area contributed by atoms with Gasteiger partial charge in [-0.1, -0.05) is 22.4 Å². The summed E-state index contributed by atoms with van der Waals surface area (Å²) < 4.78 is 43.3. The molecule has 1 fully saturated rings. The van der Waals surface area contributed by atoms with Crippen molar-refractivity contribution < 1.29 is 22.2 Å². The fourth-order valence-electron chi connectivity index (χ4n) is 3.22. The molecular weight excluding hydrogens is 360 g/mol. The Bertz CT molecular complexity index is 1030. The van der Waals surface area contributed by atoms with Gasteiger partial charge in [0.1, 0.15) is 17.5 Å². The van der Waals surface area contributed by atoms with Crippen LogP contribution in [0.15, 0.2) is 33.3 Å². The molecule has 0 saturated carbocycles. The predicted octanol–water partition coefficient (Wildman–Crippen LogP) is 1.81. The normalized spacial score (nSPS) is 21.6. The summed E-state index contributed by atoms with van der Waals surface area (Å²) in [6.45, 7) is 1.91. The van der Waals surface area contributed by atoms with Crippen LogP contribution in [0, 0.1) is 6.92 Å². The molecule has 0 radical (unpaired) electrons. The van der Waals surface area contributed by atoms with E-state index in [0.29, 0.717) is 28.9 Å². The summed E-state index contributed by atoms with van der Waals surface area (Å²) in [5.41, 5.74) is 0.930. The monoisotopic (exact) mass is 378 g/mol. The number of aromatic nitrogens is 3. The first kappa shape index (κ1) is 17.1. The second kappa shape index (κ2) is 6.45.